The molecule has 0 bridgehead atoms. The van der Waals surface area contributed by atoms with Gasteiger partial charge in [0.25, 0.3) is 5.91 Å². The van der Waals surface area contributed by atoms with Crippen LogP contribution in [-0.2, 0) is 6.54 Å². The number of carbonyl (C=O) groups excluding carboxylic acids is 1. The lowest BCUT2D eigenvalue weighted by Gasteiger charge is -2.20. The van der Waals surface area contributed by atoms with Crippen LogP contribution in [0.1, 0.15) is 21.8 Å². The molecule has 1 aromatic carbocycles. The Morgan fingerprint density at radius 2 is 2.00 bits per heavy atom. The van der Waals surface area contributed by atoms with Crippen molar-refractivity contribution in [3.63, 3.8) is 0 Å². The molecule has 140 valence electrons. The zero-order valence-electron chi connectivity index (χ0n) is 15.3. The van der Waals surface area contributed by atoms with E-state index in [4.69, 9.17) is 4.42 Å². The van der Waals surface area contributed by atoms with E-state index in [1.54, 1.807) is 35.4 Å². The van der Waals surface area contributed by atoms with Crippen molar-refractivity contribution in [3.8, 4) is 11.4 Å². The lowest BCUT2D eigenvalue weighted by molar-refractivity contribution is 0.0695. The highest BCUT2D eigenvalue weighted by Crippen LogP contribution is 2.19. The molecule has 0 aliphatic heterocycles. The van der Waals surface area contributed by atoms with Gasteiger partial charge in [0, 0.05) is 36.5 Å². The minimum absolute atomic E-state index is 0.117. The van der Waals surface area contributed by atoms with Gasteiger partial charge < -0.3 is 19.7 Å². The van der Waals surface area contributed by atoms with Gasteiger partial charge in [0.1, 0.15) is 11.6 Å². The number of aliphatic hydroxyl groups excluding tert-OH is 1. The van der Waals surface area contributed by atoms with Crippen molar-refractivity contribution in [1.82, 2.24) is 14.9 Å². The fourth-order valence-corrected chi connectivity index (χ4v) is 2.73. The van der Waals surface area contributed by atoms with Crippen molar-refractivity contribution in [2.24, 2.45) is 0 Å². The van der Waals surface area contributed by atoms with Crippen LogP contribution >= 0.6 is 0 Å². The molecule has 2 heterocycles. The molecular weight excluding hydrogens is 344 g/mol. The number of benzene rings is 1. The second-order valence-electron chi connectivity index (χ2n) is 6.08. The number of nitrogens with one attached hydrogen (secondary N) is 1. The highest BCUT2D eigenvalue weighted by molar-refractivity contribution is 5.94. The van der Waals surface area contributed by atoms with Crippen molar-refractivity contribution in [2.45, 2.75) is 13.5 Å². The molecule has 2 N–H and O–H groups in total. The summed E-state index contributed by atoms with van der Waals surface area (Å²) in [7, 11) is 1.81. The first-order valence-corrected chi connectivity index (χ1v) is 8.67. The zero-order chi connectivity index (χ0) is 19.2. The number of aryl methyl sites for hydroxylation is 1. The summed E-state index contributed by atoms with van der Waals surface area (Å²) in [6.07, 6.45) is 1.56. The molecule has 0 fully saturated rings. The third kappa shape index (κ3) is 4.51. The van der Waals surface area contributed by atoms with Crippen molar-refractivity contribution < 1.29 is 14.3 Å². The number of hydrogen-bond acceptors (Lipinski definition) is 6. The van der Waals surface area contributed by atoms with Crippen LogP contribution in [0.3, 0.4) is 0 Å². The van der Waals surface area contributed by atoms with Gasteiger partial charge in [0.15, 0.2) is 5.82 Å². The van der Waals surface area contributed by atoms with Gasteiger partial charge in [-0.1, -0.05) is 12.1 Å². The highest BCUT2D eigenvalue weighted by Gasteiger charge is 2.17. The quantitative estimate of drug-likeness (QED) is 0.668. The lowest BCUT2D eigenvalue weighted by atomic mass is 10.1. The molecule has 0 saturated heterocycles. The maximum absolute atomic E-state index is 12.8. The molecular formula is C20H22N4O3. The Labute approximate surface area is 157 Å². The fourth-order valence-electron chi connectivity index (χ4n) is 2.73. The predicted molar refractivity (Wildman–Crippen MR) is 102 cm³/mol. The fraction of sp³-hybridized carbons (Fsp3) is 0.250. The maximum Gasteiger partial charge on any atom is 0.254 e. The van der Waals surface area contributed by atoms with Gasteiger partial charge in [-0.15, -0.1) is 0 Å². The number of nitrogens with zero attached hydrogens (tertiary/aromatic N) is 3. The molecule has 0 spiro atoms. The van der Waals surface area contributed by atoms with E-state index in [1.807, 2.05) is 32.2 Å². The van der Waals surface area contributed by atoms with E-state index in [-0.39, 0.29) is 19.1 Å². The van der Waals surface area contributed by atoms with Gasteiger partial charge in [0.2, 0.25) is 0 Å². The van der Waals surface area contributed by atoms with Gasteiger partial charge >= 0.3 is 0 Å². The summed E-state index contributed by atoms with van der Waals surface area (Å²) in [5.74, 6) is 1.83. The zero-order valence-corrected chi connectivity index (χ0v) is 15.3. The number of carbonyl (C=O) groups is 1. The summed E-state index contributed by atoms with van der Waals surface area (Å²) < 4.78 is 5.31. The van der Waals surface area contributed by atoms with Gasteiger partial charge in [-0.25, -0.2) is 9.97 Å². The van der Waals surface area contributed by atoms with E-state index in [2.05, 4.69) is 15.3 Å². The molecule has 3 aromatic rings. The topological polar surface area (TPSA) is 91.5 Å². The summed E-state index contributed by atoms with van der Waals surface area (Å²) in [6, 6.07) is 12.6. The van der Waals surface area contributed by atoms with Gasteiger partial charge in [-0.3, -0.25) is 4.79 Å². The number of aliphatic hydroxyl groups is 1. The van der Waals surface area contributed by atoms with Gasteiger partial charge in [-0.2, -0.15) is 0 Å². The summed E-state index contributed by atoms with van der Waals surface area (Å²) in [5.41, 5.74) is 2.21. The van der Waals surface area contributed by atoms with Crippen LogP contribution in [-0.4, -0.2) is 46.1 Å². The molecule has 7 nitrogen and oxygen atoms in total. The Morgan fingerprint density at radius 1 is 1.22 bits per heavy atom. The van der Waals surface area contributed by atoms with Crippen LogP contribution in [0.4, 0.5) is 5.82 Å². The van der Waals surface area contributed by atoms with E-state index >= 15 is 0 Å². The minimum Gasteiger partial charge on any atom is -0.467 e. The van der Waals surface area contributed by atoms with Gasteiger partial charge in [-0.05, 0) is 31.2 Å². The predicted octanol–water partition coefficient (Wildman–Crippen LogP) is 2.72. The molecule has 2 aromatic heterocycles. The Bertz CT molecular complexity index is 892. The lowest BCUT2D eigenvalue weighted by Crippen LogP contribution is -2.32. The van der Waals surface area contributed by atoms with Crippen molar-refractivity contribution in [3.05, 3.63) is 65.7 Å². The van der Waals surface area contributed by atoms with Crippen LogP contribution < -0.4 is 5.32 Å². The number of amides is 1. The first-order valence-electron chi connectivity index (χ1n) is 8.67. The first-order chi connectivity index (χ1) is 13.1. The summed E-state index contributed by atoms with van der Waals surface area (Å²) in [5, 5.41) is 12.3. The monoisotopic (exact) mass is 366 g/mol. The molecule has 0 aliphatic rings. The third-order valence-electron chi connectivity index (χ3n) is 4.08. The minimum atomic E-state index is -0.173. The molecule has 0 atom stereocenters. The molecule has 7 heteroatoms. The molecule has 3 rings (SSSR count). The SMILES string of the molecule is CNc1cc(C)nc(-c2ccc(C(=O)N(CCO)Cc3ccco3)cc2)n1. The standard InChI is InChI=1S/C20H22N4O3/c1-14-12-18(21-2)23-19(22-14)15-5-7-16(8-6-15)20(26)24(9-10-25)13-17-4-3-11-27-17/h3-8,11-12,25H,9-10,13H2,1-2H3,(H,21,22,23). The Morgan fingerprint density at radius 3 is 2.63 bits per heavy atom. The molecule has 27 heavy (non-hydrogen) atoms. The van der Waals surface area contributed by atoms with Crippen LogP contribution in [0, 0.1) is 6.92 Å². The van der Waals surface area contributed by atoms with Crippen LogP contribution in [0.15, 0.2) is 53.1 Å². The van der Waals surface area contributed by atoms with Crippen molar-refractivity contribution in [1.29, 1.82) is 0 Å². The average molecular weight is 366 g/mol. The number of anilines is 1. The van der Waals surface area contributed by atoms with E-state index in [9.17, 15) is 9.90 Å². The molecule has 0 radical (unpaired) electrons. The largest absolute Gasteiger partial charge is 0.467 e. The smallest absolute Gasteiger partial charge is 0.254 e. The molecule has 0 saturated carbocycles. The van der Waals surface area contributed by atoms with Gasteiger partial charge in [0.05, 0.1) is 19.4 Å². The van der Waals surface area contributed by atoms with Crippen molar-refractivity contribution >= 4 is 11.7 Å². The summed E-state index contributed by atoms with van der Waals surface area (Å²) >= 11 is 0. The Kier molecular flexibility index (Phi) is 5.83. The number of aromatic nitrogens is 2. The third-order valence-corrected chi connectivity index (χ3v) is 4.08. The van der Waals surface area contributed by atoms with Crippen LogP contribution in [0.5, 0.6) is 0 Å². The second kappa shape index (κ2) is 8.46. The van der Waals surface area contributed by atoms with Crippen LogP contribution in [0.25, 0.3) is 11.4 Å². The number of rotatable bonds is 7. The summed E-state index contributed by atoms with van der Waals surface area (Å²) in [4.78, 5) is 23.2. The van der Waals surface area contributed by atoms with E-state index in [1.165, 1.54) is 0 Å². The normalized spacial score (nSPS) is 10.6. The van der Waals surface area contributed by atoms with Crippen LogP contribution in [0.2, 0.25) is 0 Å². The number of furan rings is 1. The second-order valence-corrected chi connectivity index (χ2v) is 6.08. The molecule has 1 amide bonds. The van der Waals surface area contributed by atoms with E-state index < -0.39 is 0 Å². The first kappa shape index (κ1) is 18.6. The van der Waals surface area contributed by atoms with Crippen molar-refractivity contribution in [2.75, 3.05) is 25.5 Å². The molecule has 0 unspecified atom stereocenters. The Balaban J connectivity index is 1.81. The highest BCUT2D eigenvalue weighted by atomic mass is 16.3. The Hall–Kier alpha value is -3.19. The molecule has 0 aliphatic carbocycles. The van der Waals surface area contributed by atoms with E-state index in [0.29, 0.717) is 23.7 Å². The maximum atomic E-state index is 12.8. The van der Waals surface area contributed by atoms with E-state index in [0.717, 1.165) is 17.1 Å². The average Bonchev–Trinajstić information content (AvgIpc) is 3.20. The summed E-state index contributed by atoms with van der Waals surface area (Å²) in [6.45, 7) is 2.33. The number of hydrogen-bond donors (Lipinski definition) is 2.